The second-order valence-electron chi connectivity index (χ2n) is 3.90. The Bertz CT molecular complexity index is 416. The minimum atomic E-state index is -0.672. The van der Waals surface area contributed by atoms with Crippen molar-refractivity contribution in [3.05, 3.63) is 29.3 Å². The van der Waals surface area contributed by atoms with Crippen LogP contribution >= 0.6 is 0 Å². The van der Waals surface area contributed by atoms with Gasteiger partial charge in [-0.25, -0.2) is 8.78 Å². The number of ether oxygens (including phenoxy) is 1. The van der Waals surface area contributed by atoms with E-state index in [1.165, 1.54) is 19.2 Å². The van der Waals surface area contributed by atoms with E-state index in [1.54, 1.807) is 11.9 Å². The second-order valence-corrected chi connectivity index (χ2v) is 3.90. The number of nitrogens with zero attached hydrogens (tertiary/aromatic N) is 2. The largest absolute Gasteiger partial charge is 0.393 e. The van der Waals surface area contributed by atoms with Crippen molar-refractivity contribution in [3.8, 4) is 0 Å². The van der Waals surface area contributed by atoms with Crippen LogP contribution in [0.5, 0.6) is 0 Å². The zero-order valence-electron chi connectivity index (χ0n) is 11.3. The fraction of sp³-hybridized carbons (Fsp3) is 0.462. The molecule has 4 nitrogen and oxygen atoms in total. The van der Waals surface area contributed by atoms with Crippen molar-refractivity contribution < 1.29 is 18.4 Å². The molecule has 0 spiro atoms. The molecule has 1 aromatic carbocycles. The summed E-state index contributed by atoms with van der Waals surface area (Å²) >= 11 is 0. The highest BCUT2D eigenvalue weighted by Gasteiger charge is 2.11. The normalized spacial score (nSPS) is 11.0. The molecule has 0 radical (unpaired) electrons. The number of hydrogen-bond acceptors (Lipinski definition) is 4. The Morgan fingerprint density at radius 2 is 1.89 bits per heavy atom. The fourth-order valence-electron chi connectivity index (χ4n) is 1.36. The summed E-state index contributed by atoms with van der Waals surface area (Å²) in [6, 6.07) is 2.53. The average Bonchev–Trinajstić information content (AvgIpc) is 2.40. The van der Waals surface area contributed by atoms with Gasteiger partial charge in [0.25, 0.3) is 0 Å². The maximum Gasteiger partial charge on any atom is 0.140 e. The predicted molar refractivity (Wildman–Crippen MR) is 70.7 cm³/mol. The van der Waals surface area contributed by atoms with E-state index in [0.29, 0.717) is 18.8 Å². The molecule has 0 saturated carbocycles. The van der Waals surface area contributed by atoms with Crippen molar-refractivity contribution >= 4 is 11.9 Å². The van der Waals surface area contributed by atoms with Crippen LogP contribution in [0.2, 0.25) is 0 Å². The smallest absolute Gasteiger partial charge is 0.140 e. The molecule has 0 heterocycles. The molecule has 0 aliphatic rings. The molecular weight excluding hydrogens is 254 g/mol. The van der Waals surface area contributed by atoms with Gasteiger partial charge in [0.15, 0.2) is 0 Å². The zero-order valence-corrected chi connectivity index (χ0v) is 11.3. The minimum absolute atomic E-state index is 0.217. The Kier molecular flexibility index (Phi) is 6.21. The number of halogens is 2. The predicted octanol–water partition coefficient (Wildman–Crippen LogP) is 2.42. The Hall–Kier alpha value is -1.69. The summed E-state index contributed by atoms with van der Waals surface area (Å²) in [6.45, 7) is 3.15. The average molecular weight is 272 g/mol. The van der Waals surface area contributed by atoms with Crippen molar-refractivity contribution in [3.63, 3.8) is 0 Å². The lowest BCUT2D eigenvalue weighted by atomic mass is 10.2. The third kappa shape index (κ3) is 4.48. The van der Waals surface area contributed by atoms with Crippen LogP contribution in [0.25, 0.3) is 0 Å². The summed E-state index contributed by atoms with van der Waals surface area (Å²) in [5, 5.41) is 3.50. The van der Waals surface area contributed by atoms with Crippen molar-refractivity contribution in [2.24, 2.45) is 5.16 Å². The van der Waals surface area contributed by atoms with Crippen molar-refractivity contribution in [2.45, 2.75) is 6.92 Å². The highest BCUT2D eigenvalue weighted by atomic mass is 19.1. The first-order valence-corrected chi connectivity index (χ1v) is 5.94. The van der Waals surface area contributed by atoms with Crippen LogP contribution in [0, 0.1) is 11.6 Å². The van der Waals surface area contributed by atoms with Gasteiger partial charge in [-0.05, 0) is 19.1 Å². The summed E-state index contributed by atoms with van der Waals surface area (Å²) in [5.41, 5.74) is 0.264. The number of oxime groups is 1. The molecule has 106 valence electrons. The van der Waals surface area contributed by atoms with Gasteiger partial charge in [0, 0.05) is 26.4 Å². The Morgan fingerprint density at radius 1 is 1.26 bits per heavy atom. The number of hydrogen-bond donors (Lipinski definition) is 0. The van der Waals surface area contributed by atoms with Gasteiger partial charge in [-0.1, -0.05) is 5.16 Å². The van der Waals surface area contributed by atoms with Crippen molar-refractivity contribution in [1.29, 1.82) is 0 Å². The minimum Gasteiger partial charge on any atom is -0.393 e. The number of anilines is 1. The number of benzene rings is 1. The van der Waals surface area contributed by atoms with E-state index in [1.807, 2.05) is 6.92 Å². The molecule has 6 heteroatoms. The molecular formula is C13H18F2N2O2. The summed E-state index contributed by atoms with van der Waals surface area (Å²) in [7, 11) is 3.28. The molecule has 19 heavy (non-hydrogen) atoms. The van der Waals surface area contributed by atoms with Crippen LogP contribution in [-0.4, -0.2) is 40.1 Å². The van der Waals surface area contributed by atoms with Gasteiger partial charge in [0.2, 0.25) is 0 Å². The second kappa shape index (κ2) is 7.68. The van der Waals surface area contributed by atoms with Crippen LogP contribution < -0.4 is 4.90 Å². The summed E-state index contributed by atoms with van der Waals surface area (Å²) in [4.78, 5) is 6.53. The van der Waals surface area contributed by atoms with Gasteiger partial charge in [0.1, 0.15) is 18.2 Å². The lowest BCUT2D eigenvalue weighted by Gasteiger charge is -2.17. The molecule has 0 aliphatic carbocycles. The lowest BCUT2D eigenvalue weighted by Crippen LogP contribution is -2.16. The maximum atomic E-state index is 13.7. The molecule has 0 aliphatic heterocycles. The SMILES string of the molecule is CCN(C)c1cc(F)c(/C=N/OCCOC)c(F)c1. The van der Waals surface area contributed by atoms with E-state index < -0.39 is 11.6 Å². The van der Waals surface area contributed by atoms with E-state index >= 15 is 0 Å². The molecule has 0 unspecified atom stereocenters. The highest BCUT2D eigenvalue weighted by molar-refractivity contribution is 5.80. The topological polar surface area (TPSA) is 34.1 Å². The molecule has 0 aromatic heterocycles. The van der Waals surface area contributed by atoms with E-state index in [-0.39, 0.29) is 12.2 Å². The van der Waals surface area contributed by atoms with Crippen molar-refractivity contribution in [2.75, 3.05) is 38.8 Å². The molecule has 0 N–H and O–H groups in total. The van der Waals surface area contributed by atoms with Gasteiger partial charge in [-0.15, -0.1) is 0 Å². The van der Waals surface area contributed by atoms with Gasteiger partial charge < -0.3 is 14.5 Å². The molecule has 0 bridgehead atoms. The van der Waals surface area contributed by atoms with Crippen LogP contribution in [0.1, 0.15) is 12.5 Å². The van der Waals surface area contributed by atoms with Crippen molar-refractivity contribution in [1.82, 2.24) is 0 Å². The van der Waals surface area contributed by atoms with Crippen LogP contribution in [0.15, 0.2) is 17.3 Å². The first-order valence-electron chi connectivity index (χ1n) is 5.94. The standard InChI is InChI=1S/C13H18F2N2O2/c1-4-17(2)10-7-12(14)11(13(15)8-10)9-16-19-6-5-18-3/h7-9H,4-6H2,1-3H3/b16-9+. The van der Waals surface area contributed by atoms with Crippen LogP contribution in [0.4, 0.5) is 14.5 Å². The molecule has 0 saturated heterocycles. The van der Waals surface area contributed by atoms with E-state index in [2.05, 4.69) is 5.16 Å². The zero-order chi connectivity index (χ0) is 14.3. The Balaban J connectivity index is 2.79. The number of rotatable bonds is 7. The van der Waals surface area contributed by atoms with E-state index in [4.69, 9.17) is 9.57 Å². The third-order valence-electron chi connectivity index (χ3n) is 2.61. The summed E-state index contributed by atoms with van der Waals surface area (Å²) in [6.07, 6.45) is 1.02. The molecule has 0 atom stereocenters. The highest BCUT2D eigenvalue weighted by Crippen LogP contribution is 2.20. The van der Waals surface area contributed by atoms with Gasteiger partial charge in [0.05, 0.1) is 18.4 Å². The monoisotopic (exact) mass is 272 g/mol. The lowest BCUT2D eigenvalue weighted by molar-refractivity contribution is 0.0759. The summed E-state index contributed by atoms with van der Waals surface area (Å²) < 4.78 is 32.2. The van der Waals surface area contributed by atoms with Crippen LogP contribution in [-0.2, 0) is 9.57 Å². The first-order chi connectivity index (χ1) is 9.10. The van der Waals surface area contributed by atoms with Gasteiger partial charge in [-0.3, -0.25) is 0 Å². The first kappa shape index (κ1) is 15.4. The Morgan fingerprint density at radius 3 is 2.42 bits per heavy atom. The molecule has 0 amide bonds. The van der Waals surface area contributed by atoms with Gasteiger partial charge >= 0.3 is 0 Å². The number of methoxy groups -OCH3 is 1. The van der Waals surface area contributed by atoms with Gasteiger partial charge in [-0.2, -0.15) is 0 Å². The molecule has 1 rings (SSSR count). The molecule has 1 aromatic rings. The van der Waals surface area contributed by atoms with E-state index in [9.17, 15) is 8.78 Å². The summed E-state index contributed by atoms with van der Waals surface area (Å²) in [5.74, 6) is -1.34. The van der Waals surface area contributed by atoms with Crippen LogP contribution in [0.3, 0.4) is 0 Å². The quantitative estimate of drug-likeness (QED) is 0.434. The fourth-order valence-corrected chi connectivity index (χ4v) is 1.36. The maximum absolute atomic E-state index is 13.7. The Labute approximate surface area is 111 Å². The third-order valence-corrected chi connectivity index (χ3v) is 2.61. The molecule has 0 fully saturated rings. The van der Waals surface area contributed by atoms with E-state index in [0.717, 1.165) is 6.21 Å².